The van der Waals surface area contributed by atoms with Crippen molar-refractivity contribution < 1.29 is 14.7 Å². The molecule has 0 spiro atoms. The van der Waals surface area contributed by atoms with Crippen molar-refractivity contribution in [1.82, 2.24) is 19.8 Å². The Hall–Kier alpha value is -1.70. The highest BCUT2D eigenvalue weighted by Gasteiger charge is 2.16. The van der Waals surface area contributed by atoms with Gasteiger partial charge in [0.25, 0.3) is 0 Å². The van der Waals surface area contributed by atoms with Gasteiger partial charge in [0.1, 0.15) is 5.56 Å². The van der Waals surface area contributed by atoms with Crippen LogP contribution in [-0.2, 0) is 6.54 Å². The molecule has 8 heteroatoms. The molecule has 0 aromatic carbocycles. The summed E-state index contributed by atoms with van der Waals surface area (Å²) in [5, 5.41) is 16.0. The van der Waals surface area contributed by atoms with Crippen molar-refractivity contribution in [1.29, 1.82) is 0 Å². The Labute approximate surface area is 115 Å². The van der Waals surface area contributed by atoms with Crippen LogP contribution in [0.2, 0.25) is 0 Å². The van der Waals surface area contributed by atoms with E-state index in [1.807, 2.05) is 13.8 Å². The minimum atomic E-state index is -1.06. The van der Waals surface area contributed by atoms with Crippen LogP contribution < -0.4 is 10.0 Å². The molecule has 1 rings (SSSR count). The van der Waals surface area contributed by atoms with Gasteiger partial charge in [-0.15, -0.1) is 0 Å². The average molecular weight is 286 g/mol. The van der Waals surface area contributed by atoms with E-state index in [0.717, 1.165) is 24.8 Å². The molecule has 1 aromatic rings. The van der Waals surface area contributed by atoms with Gasteiger partial charge < -0.3 is 10.4 Å². The van der Waals surface area contributed by atoms with Crippen molar-refractivity contribution in [3.05, 3.63) is 11.8 Å². The summed E-state index contributed by atoms with van der Waals surface area (Å²) >= 11 is 0.903. The Morgan fingerprint density at radius 1 is 1.47 bits per heavy atom. The van der Waals surface area contributed by atoms with Crippen LogP contribution in [0.15, 0.2) is 11.2 Å². The third-order valence-corrected chi connectivity index (χ3v) is 3.12. The molecule has 3 N–H and O–H groups in total. The third-order valence-electron chi connectivity index (χ3n) is 2.34. The quantitative estimate of drug-likeness (QED) is 0.524. The van der Waals surface area contributed by atoms with E-state index < -0.39 is 5.97 Å². The fourth-order valence-electron chi connectivity index (χ4n) is 1.30. The molecule has 0 radical (unpaired) electrons. The van der Waals surface area contributed by atoms with Crippen molar-refractivity contribution in [2.45, 2.75) is 38.3 Å². The lowest BCUT2D eigenvalue weighted by molar-refractivity contribution is 0.0693. The number of carbonyl (C=O) groups is 2. The maximum absolute atomic E-state index is 11.4. The number of urea groups is 1. The second-order valence-corrected chi connectivity index (χ2v) is 4.62. The number of hydrogen-bond donors (Lipinski definition) is 3. The van der Waals surface area contributed by atoms with Crippen LogP contribution in [0.1, 0.15) is 37.0 Å². The highest BCUT2D eigenvalue weighted by atomic mass is 32.2. The molecule has 0 unspecified atom stereocenters. The molecule has 1 heterocycles. The third kappa shape index (κ3) is 4.82. The predicted molar refractivity (Wildman–Crippen MR) is 72.2 cm³/mol. The minimum absolute atomic E-state index is 0.0840. The van der Waals surface area contributed by atoms with Gasteiger partial charge in [-0.25, -0.2) is 9.59 Å². The summed E-state index contributed by atoms with van der Waals surface area (Å²) in [5.41, 5.74) is 0.0840. The van der Waals surface area contributed by atoms with E-state index in [2.05, 4.69) is 15.1 Å². The smallest absolute Gasteiger partial charge is 0.340 e. The number of aryl methyl sites for hydroxylation is 1. The average Bonchev–Trinajstić information content (AvgIpc) is 2.80. The Morgan fingerprint density at radius 3 is 2.79 bits per heavy atom. The largest absolute Gasteiger partial charge is 0.478 e. The van der Waals surface area contributed by atoms with Crippen LogP contribution in [0.4, 0.5) is 4.79 Å². The molecule has 0 fully saturated rings. The van der Waals surface area contributed by atoms with E-state index in [1.54, 1.807) is 0 Å². The van der Waals surface area contributed by atoms with Crippen molar-refractivity contribution >= 4 is 23.9 Å². The first kappa shape index (κ1) is 15.4. The summed E-state index contributed by atoms with van der Waals surface area (Å²) in [4.78, 5) is 22.4. The van der Waals surface area contributed by atoms with Crippen LogP contribution in [0.25, 0.3) is 0 Å². The van der Waals surface area contributed by atoms with Gasteiger partial charge >= 0.3 is 12.0 Å². The highest BCUT2D eigenvalue weighted by Crippen LogP contribution is 2.18. The summed E-state index contributed by atoms with van der Waals surface area (Å²) in [6, 6.07) is -0.346. The molecular formula is C11H18N4O3S. The van der Waals surface area contributed by atoms with E-state index in [4.69, 9.17) is 5.11 Å². The number of hydrogen-bond acceptors (Lipinski definition) is 4. The van der Waals surface area contributed by atoms with Gasteiger partial charge in [0, 0.05) is 31.2 Å². The number of rotatable bonds is 7. The first-order valence-corrected chi connectivity index (χ1v) is 6.91. The van der Waals surface area contributed by atoms with Gasteiger partial charge in [-0.3, -0.25) is 9.40 Å². The molecule has 0 aliphatic heterocycles. The number of carbonyl (C=O) groups excluding carboxylic acids is 1. The highest BCUT2D eigenvalue weighted by molar-refractivity contribution is 7.98. The molecular weight excluding hydrogens is 268 g/mol. The first-order valence-electron chi connectivity index (χ1n) is 6.09. The van der Waals surface area contributed by atoms with Crippen molar-refractivity contribution in [3.63, 3.8) is 0 Å². The standard InChI is InChI=1S/C11H18N4O3S/c1-3-5-6-12-11(18)14-19-9-8(10(16)17)7-15(4-2)13-9/h7H,3-6H2,1-2H3,(H,16,17)(H2,12,14,18). The molecule has 0 bridgehead atoms. The molecule has 19 heavy (non-hydrogen) atoms. The van der Waals surface area contributed by atoms with Crippen LogP contribution >= 0.6 is 11.9 Å². The normalized spacial score (nSPS) is 10.2. The van der Waals surface area contributed by atoms with Gasteiger partial charge in [-0.1, -0.05) is 13.3 Å². The second-order valence-electron chi connectivity index (χ2n) is 3.82. The molecule has 0 aliphatic carbocycles. The molecule has 1 aromatic heterocycles. The lowest BCUT2D eigenvalue weighted by Gasteiger charge is -2.04. The number of carboxylic acids is 1. The van der Waals surface area contributed by atoms with Crippen LogP contribution in [0.3, 0.4) is 0 Å². The monoisotopic (exact) mass is 286 g/mol. The van der Waals surface area contributed by atoms with Crippen LogP contribution in [0.5, 0.6) is 0 Å². The molecule has 7 nitrogen and oxygen atoms in total. The number of aromatic nitrogens is 2. The number of nitrogens with one attached hydrogen (secondary N) is 2. The Bertz CT molecular complexity index is 447. The predicted octanol–water partition coefficient (Wildman–Crippen LogP) is 1.71. The summed E-state index contributed by atoms with van der Waals surface area (Å²) in [7, 11) is 0. The van der Waals surface area contributed by atoms with Crippen LogP contribution in [-0.4, -0.2) is 33.4 Å². The van der Waals surface area contributed by atoms with E-state index in [1.165, 1.54) is 10.9 Å². The van der Waals surface area contributed by atoms with E-state index in [9.17, 15) is 9.59 Å². The molecule has 0 saturated heterocycles. The van der Waals surface area contributed by atoms with Crippen molar-refractivity contribution in [3.8, 4) is 0 Å². The number of aromatic carboxylic acids is 1. The van der Waals surface area contributed by atoms with Gasteiger partial charge in [-0.2, -0.15) is 5.10 Å². The van der Waals surface area contributed by atoms with Gasteiger partial charge in [0.05, 0.1) is 0 Å². The SMILES string of the molecule is CCCCNC(=O)NSc1nn(CC)cc1C(=O)O. The van der Waals surface area contributed by atoms with E-state index >= 15 is 0 Å². The number of carboxylic acid groups (broad SMARTS) is 1. The minimum Gasteiger partial charge on any atom is -0.478 e. The second kappa shape index (κ2) is 7.67. The maximum atomic E-state index is 11.4. The van der Waals surface area contributed by atoms with Crippen molar-refractivity contribution in [2.24, 2.45) is 0 Å². The molecule has 0 saturated carbocycles. The van der Waals surface area contributed by atoms with Gasteiger partial charge in [0.2, 0.25) is 0 Å². The Balaban J connectivity index is 2.54. The zero-order valence-electron chi connectivity index (χ0n) is 11.0. The Morgan fingerprint density at radius 2 is 2.21 bits per heavy atom. The fraction of sp³-hybridized carbons (Fsp3) is 0.545. The lowest BCUT2D eigenvalue weighted by atomic mass is 10.3. The van der Waals surface area contributed by atoms with Gasteiger partial charge in [0.15, 0.2) is 5.03 Å². The number of unbranched alkanes of at least 4 members (excludes halogenated alkanes) is 1. The molecule has 0 atom stereocenters. The maximum Gasteiger partial charge on any atom is 0.340 e. The fourth-order valence-corrected chi connectivity index (χ4v) is 1.95. The van der Waals surface area contributed by atoms with E-state index in [0.29, 0.717) is 13.1 Å². The Kier molecular flexibility index (Phi) is 6.20. The van der Waals surface area contributed by atoms with Gasteiger partial charge in [-0.05, 0) is 13.3 Å². The topological polar surface area (TPSA) is 96.3 Å². The molecule has 2 amide bonds. The first-order chi connectivity index (χ1) is 9.08. The van der Waals surface area contributed by atoms with Crippen LogP contribution in [0, 0.1) is 0 Å². The molecule has 0 aliphatic rings. The molecule has 106 valence electrons. The zero-order chi connectivity index (χ0) is 14.3. The zero-order valence-corrected chi connectivity index (χ0v) is 11.8. The number of amides is 2. The summed E-state index contributed by atoms with van der Waals surface area (Å²) in [6.07, 6.45) is 3.35. The lowest BCUT2D eigenvalue weighted by Crippen LogP contribution is -2.32. The van der Waals surface area contributed by atoms with Crippen molar-refractivity contribution in [2.75, 3.05) is 6.54 Å². The number of nitrogens with zero attached hydrogens (tertiary/aromatic N) is 2. The van der Waals surface area contributed by atoms with E-state index in [-0.39, 0.29) is 16.6 Å². The summed E-state index contributed by atoms with van der Waals surface area (Å²) < 4.78 is 4.03. The summed E-state index contributed by atoms with van der Waals surface area (Å²) in [6.45, 7) is 5.06. The summed E-state index contributed by atoms with van der Waals surface area (Å²) in [5.74, 6) is -1.06.